The summed E-state index contributed by atoms with van der Waals surface area (Å²) in [7, 11) is 0. The number of hydrogen-bond donors (Lipinski definition) is 0. The molecule has 0 fully saturated rings. The predicted molar refractivity (Wildman–Crippen MR) is 92.0 cm³/mol. The predicted octanol–water partition coefficient (Wildman–Crippen LogP) is 6.28. The topological polar surface area (TPSA) is 0 Å². The fourth-order valence-corrected chi connectivity index (χ4v) is 4.42. The molecule has 0 radical (unpaired) electrons. The van der Waals surface area contributed by atoms with Gasteiger partial charge in [-0.25, -0.2) is 0 Å². The Morgan fingerprint density at radius 2 is 1.85 bits per heavy atom. The Kier molecular flexibility index (Phi) is 4.59. The molecule has 0 aliphatic heterocycles. The summed E-state index contributed by atoms with van der Waals surface area (Å²) in [6, 6.07) is 4.99. The lowest BCUT2D eigenvalue weighted by Gasteiger charge is -2.28. The Bertz CT molecular complexity index is 485. The zero-order valence-corrected chi connectivity index (χ0v) is 14.9. The third-order valence-electron chi connectivity index (χ3n) is 5.63. The maximum absolute atomic E-state index is 2.50. The van der Waals surface area contributed by atoms with Crippen LogP contribution in [0.1, 0.15) is 77.0 Å². The second kappa shape index (κ2) is 5.75. The Labute approximate surface area is 129 Å². The average Bonchev–Trinajstić information content (AvgIpc) is 2.77. The third kappa shape index (κ3) is 2.79. The Balaban J connectivity index is 2.36. The van der Waals surface area contributed by atoms with E-state index in [0.717, 1.165) is 0 Å². The number of benzene rings is 1. The highest BCUT2D eigenvalue weighted by Gasteiger charge is 2.33. The van der Waals surface area contributed by atoms with Crippen molar-refractivity contribution in [3.05, 3.63) is 28.8 Å². The smallest absolute Gasteiger partial charge is 0.0174 e. The minimum Gasteiger partial charge on any atom is -0.119 e. The maximum Gasteiger partial charge on any atom is 0.0174 e. The molecule has 0 aromatic heterocycles. The van der Waals surface area contributed by atoms with Crippen LogP contribution in [-0.2, 0) is 11.8 Å². The van der Waals surface area contributed by atoms with Crippen molar-refractivity contribution in [1.82, 2.24) is 0 Å². The summed E-state index contributed by atoms with van der Waals surface area (Å²) in [5.41, 5.74) is 5.12. The van der Waals surface area contributed by atoms with E-state index in [4.69, 9.17) is 0 Å². The standard InChI is InChI=1S/C19H30S/c1-7-18(5)11-10-15-13-17(14(4)12-16(15)18)20-19(6,8-2)9-3/h12-13H,7-11H2,1-6H3. The van der Waals surface area contributed by atoms with E-state index in [1.807, 2.05) is 0 Å². The van der Waals surface area contributed by atoms with Crippen LogP contribution in [0, 0.1) is 6.92 Å². The monoisotopic (exact) mass is 290 g/mol. The molecule has 1 aliphatic rings. The summed E-state index contributed by atoms with van der Waals surface area (Å²) in [6.45, 7) is 14.1. The molecule has 0 spiro atoms. The molecule has 1 heteroatoms. The van der Waals surface area contributed by atoms with Crippen molar-refractivity contribution in [3.63, 3.8) is 0 Å². The van der Waals surface area contributed by atoms with E-state index in [-0.39, 0.29) is 0 Å². The normalized spacial score (nSPS) is 22.1. The molecule has 0 heterocycles. The molecule has 112 valence electrons. The van der Waals surface area contributed by atoms with Gasteiger partial charge in [0.1, 0.15) is 0 Å². The number of aryl methyl sites for hydroxylation is 2. The van der Waals surface area contributed by atoms with Crippen molar-refractivity contribution in [2.45, 2.75) is 88.7 Å². The van der Waals surface area contributed by atoms with Gasteiger partial charge in [0.05, 0.1) is 0 Å². The third-order valence-corrected chi connectivity index (χ3v) is 7.36. The van der Waals surface area contributed by atoms with Crippen molar-refractivity contribution in [3.8, 4) is 0 Å². The first-order valence-electron chi connectivity index (χ1n) is 8.20. The van der Waals surface area contributed by atoms with Gasteiger partial charge in [-0.15, -0.1) is 11.8 Å². The van der Waals surface area contributed by atoms with Gasteiger partial charge in [-0.3, -0.25) is 0 Å². The number of rotatable bonds is 5. The van der Waals surface area contributed by atoms with E-state index in [1.165, 1.54) is 42.6 Å². The molecular formula is C19H30S. The second-order valence-corrected chi connectivity index (χ2v) is 8.58. The molecule has 1 aromatic rings. The molecular weight excluding hydrogens is 260 g/mol. The first-order chi connectivity index (χ1) is 9.37. The first kappa shape index (κ1) is 15.9. The highest BCUT2D eigenvalue weighted by molar-refractivity contribution is 8.00. The first-order valence-corrected chi connectivity index (χ1v) is 9.02. The van der Waals surface area contributed by atoms with Gasteiger partial charge in [0, 0.05) is 9.64 Å². The molecule has 20 heavy (non-hydrogen) atoms. The van der Waals surface area contributed by atoms with E-state index in [9.17, 15) is 0 Å². The lowest BCUT2D eigenvalue weighted by molar-refractivity contribution is 0.453. The minimum absolute atomic E-state index is 0.381. The van der Waals surface area contributed by atoms with E-state index in [1.54, 1.807) is 11.1 Å². The highest BCUT2D eigenvalue weighted by atomic mass is 32.2. The quantitative estimate of drug-likeness (QED) is 0.575. The Morgan fingerprint density at radius 3 is 2.40 bits per heavy atom. The van der Waals surface area contributed by atoms with E-state index < -0.39 is 0 Å². The summed E-state index contributed by atoms with van der Waals surface area (Å²) in [6.07, 6.45) is 6.32. The molecule has 1 atom stereocenters. The fraction of sp³-hybridized carbons (Fsp3) is 0.684. The zero-order valence-electron chi connectivity index (χ0n) is 14.1. The summed E-state index contributed by atoms with van der Waals surface area (Å²) in [5.74, 6) is 0. The van der Waals surface area contributed by atoms with E-state index in [0.29, 0.717) is 10.2 Å². The lowest BCUT2D eigenvalue weighted by atomic mass is 9.81. The Hall–Kier alpha value is -0.430. The van der Waals surface area contributed by atoms with Gasteiger partial charge in [-0.05, 0) is 67.2 Å². The average molecular weight is 291 g/mol. The van der Waals surface area contributed by atoms with Crippen LogP contribution in [0.2, 0.25) is 0 Å². The molecule has 0 saturated carbocycles. The molecule has 1 aromatic carbocycles. The SMILES string of the molecule is CCC(C)(CC)Sc1cc2c(cc1C)C(C)(CC)CC2. The van der Waals surface area contributed by atoms with Crippen LogP contribution in [0.4, 0.5) is 0 Å². The second-order valence-electron chi connectivity index (χ2n) is 6.95. The molecule has 1 unspecified atom stereocenters. The van der Waals surface area contributed by atoms with Gasteiger partial charge in [0.25, 0.3) is 0 Å². The maximum atomic E-state index is 2.50. The number of thioether (sulfide) groups is 1. The van der Waals surface area contributed by atoms with Crippen LogP contribution in [0.5, 0.6) is 0 Å². The van der Waals surface area contributed by atoms with Gasteiger partial charge in [0.2, 0.25) is 0 Å². The van der Waals surface area contributed by atoms with Crippen LogP contribution in [0.15, 0.2) is 17.0 Å². The zero-order chi connectivity index (χ0) is 15.0. The molecule has 2 rings (SSSR count). The van der Waals surface area contributed by atoms with Gasteiger partial charge in [0.15, 0.2) is 0 Å². The van der Waals surface area contributed by atoms with Crippen LogP contribution < -0.4 is 0 Å². The van der Waals surface area contributed by atoms with E-state index >= 15 is 0 Å². The molecule has 0 bridgehead atoms. The van der Waals surface area contributed by atoms with Crippen LogP contribution >= 0.6 is 11.8 Å². The lowest BCUT2D eigenvalue weighted by Crippen LogP contribution is -2.18. The summed E-state index contributed by atoms with van der Waals surface area (Å²) >= 11 is 2.09. The molecule has 0 amide bonds. The van der Waals surface area contributed by atoms with Crippen LogP contribution in [0.25, 0.3) is 0 Å². The van der Waals surface area contributed by atoms with Gasteiger partial charge >= 0.3 is 0 Å². The van der Waals surface area contributed by atoms with Crippen molar-refractivity contribution in [2.75, 3.05) is 0 Å². The van der Waals surface area contributed by atoms with Crippen molar-refractivity contribution in [2.24, 2.45) is 0 Å². The van der Waals surface area contributed by atoms with Gasteiger partial charge < -0.3 is 0 Å². The van der Waals surface area contributed by atoms with Crippen LogP contribution in [-0.4, -0.2) is 4.75 Å². The minimum atomic E-state index is 0.381. The summed E-state index contributed by atoms with van der Waals surface area (Å²) in [5, 5.41) is 0. The summed E-state index contributed by atoms with van der Waals surface area (Å²) < 4.78 is 0.381. The fourth-order valence-electron chi connectivity index (χ4n) is 3.18. The van der Waals surface area contributed by atoms with Crippen molar-refractivity contribution < 1.29 is 0 Å². The molecule has 0 N–H and O–H groups in total. The highest BCUT2D eigenvalue weighted by Crippen LogP contribution is 2.46. The van der Waals surface area contributed by atoms with Crippen LogP contribution in [0.3, 0.4) is 0 Å². The Morgan fingerprint density at radius 1 is 1.20 bits per heavy atom. The molecule has 0 saturated heterocycles. The van der Waals surface area contributed by atoms with Gasteiger partial charge in [-0.1, -0.05) is 40.7 Å². The molecule has 1 aliphatic carbocycles. The van der Waals surface area contributed by atoms with Gasteiger partial charge in [-0.2, -0.15) is 0 Å². The number of fused-ring (bicyclic) bond motifs is 1. The largest absolute Gasteiger partial charge is 0.119 e. The van der Waals surface area contributed by atoms with E-state index in [2.05, 4.69) is 65.4 Å². The number of hydrogen-bond acceptors (Lipinski definition) is 1. The van der Waals surface area contributed by atoms with Crippen molar-refractivity contribution in [1.29, 1.82) is 0 Å². The summed E-state index contributed by atoms with van der Waals surface area (Å²) in [4.78, 5) is 1.51. The molecule has 0 nitrogen and oxygen atoms in total. The van der Waals surface area contributed by atoms with Crippen molar-refractivity contribution >= 4 is 11.8 Å².